The number of halogens is 2. The first-order valence-electron chi connectivity index (χ1n) is 6.49. The molecule has 0 atom stereocenters. The van der Waals surface area contributed by atoms with E-state index in [1.807, 2.05) is 18.2 Å². The van der Waals surface area contributed by atoms with Crippen LogP contribution in [-0.4, -0.2) is 21.0 Å². The average molecular weight is 376 g/mol. The summed E-state index contributed by atoms with van der Waals surface area (Å²) in [6.07, 6.45) is 0. The maximum Gasteiger partial charge on any atom is 0.338 e. The number of H-pyrrole nitrogens is 1. The van der Waals surface area contributed by atoms with Gasteiger partial charge in [0.2, 0.25) is 0 Å². The van der Waals surface area contributed by atoms with Gasteiger partial charge in [0.1, 0.15) is 0 Å². The minimum absolute atomic E-state index is 0.212. The number of aromatic carboxylic acids is 1. The fraction of sp³-hybridized carbons (Fsp3) is 0. The highest BCUT2D eigenvalue weighted by Gasteiger charge is 2.20. The van der Waals surface area contributed by atoms with Crippen molar-refractivity contribution in [1.82, 2.24) is 9.97 Å². The molecule has 0 unspecified atom stereocenters. The summed E-state index contributed by atoms with van der Waals surface area (Å²) in [6, 6.07) is 10.9. The molecule has 0 spiro atoms. The third-order valence-corrected chi connectivity index (χ3v) is 4.98. The van der Waals surface area contributed by atoms with Crippen LogP contribution in [0.15, 0.2) is 40.9 Å². The zero-order chi connectivity index (χ0) is 15.4. The molecular formula is C16H8BrClN2O2. The van der Waals surface area contributed by atoms with E-state index in [-0.39, 0.29) is 5.56 Å². The second-order valence-electron chi connectivity index (χ2n) is 4.94. The average Bonchev–Trinajstić information content (AvgIpc) is 2.86. The fourth-order valence-corrected chi connectivity index (χ4v) is 3.34. The van der Waals surface area contributed by atoms with Crippen LogP contribution in [0.3, 0.4) is 0 Å². The Morgan fingerprint density at radius 2 is 2.00 bits per heavy atom. The monoisotopic (exact) mass is 374 g/mol. The van der Waals surface area contributed by atoms with Crippen LogP contribution >= 0.6 is 27.5 Å². The van der Waals surface area contributed by atoms with E-state index in [0.717, 1.165) is 15.4 Å². The molecule has 0 amide bonds. The molecule has 22 heavy (non-hydrogen) atoms. The quantitative estimate of drug-likeness (QED) is 0.493. The van der Waals surface area contributed by atoms with E-state index in [1.165, 1.54) is 0 Å². The van der Waals surface area contributed by atoms with Gasteiger partial charge in [-0.1, -0.05) is 29.8 Å². The highest BCUT2D eigenvalue weighted by atomic mass is 79.9. The van der Waals surface area contributed by atoms with Crippen LogP contribution in [0, 0.1) is 0 Å². The lowest BCUT2D eigenvalue weighted by molar-refractivity contribution is 0.0701. The summed E-state index contributed by atoms with van der Waals surface area (Å²) in [5.74, 6) is -0.995. The summed E-state index contributed by atoms with van der Waals surface area (Å²) in [7, 11) is 0. The molecule has 0 fully saturated rings. The van der Waals surface area contributed by atoms with E-state index in [0.29, 0.717) is 27.0 Å². The van der Waals surface area contributed by atoms with Crippen LogP contribution < -0.4 is 0 Å². The van der Waals surface area contributed by atoms with E-state index in [4.69, 9.17) is 11.6 Å². The standard InChI is InChI=1S/C16H8BrClN2O2/c17-8-5-6-10-12(13(8)18)15-14(20-10)11(16(21)22)7-3-1-2-4-9(7)19-15/h1-6,20H,(H,21,22). The molecule has 0 aliphatic heterocycles. The van der Waals surface area contributed by atoms with Gasteiger partial charge in [-0.05, 0) is 34.1 Å². The Bertz CT molecular complexity index is 1090. The van der Waals surface area contributed by atoms with Gasteiger partial charge in [0.25, 0.3) is 0 Å². The number of fused-ring (bicyclic) bond motifs is 4. The van der Waals surface area contributed by atoms with Crippen molar-refractivity contribution in [2.75, 3.05) is 0 Å². The smallest absolute Gasteiger partial charge is 0.338 e. The Kier molecular flexibility index (Phi) is 2.89. The topological polar surface area (TPSA) is 66.0 Å². The van der Waals surface area contributed by atoms with Crippen molar-refractivity contribution in [1.29, 1.82) is 0 Å². The molecule has 4 aromatic rings. The lowest BCUT2D eigenvalue weighted by Crippen LogP contribution is -2.00. The minimum atomic E-state index is -0.995. The fourth-order valence-electron chi connectivity index (χ4n) is 2.76. The predicted molar refractivity (Wildman–Crippen MR) is 90.8 cm³/mol. The number of aromatic nitrogens is 2. The summed E-state index contributed by atoms with van der Waals surface area (Å²) < 4.78 is 0.745. The van der Waals surface area contributed by atoms with Crippen LogP contribution in [0.4, 0.5) is 0 Å². The summed E-state index contributed by atoms with van der Waals surface area (Å²) in [6.45, 7) is 0. The van der Waals surface area contributed by atoms with Gasteiger partial charge in [-0.2, -0.15) is 0 Å². The van der Waals surface area contributed by atoms with Crippen LogP contribution in [0.25, 0.3) is 32.8 Å². The Labute approximate surface area is 137 Å². The highest BCUT2D eigenvalue weighted by molar-refractivity contribution is 9.10. The second kappa shape index (κ2) is 4.69. The SMILES string of the molecule is O=C(O)c1c2ccccc2nc2c1[nH]c1ccc(Br)c(Cl)c12. The number of pyridine rings is 1. The summed E-state index contributed by atoms with van der Waals surface area (Å²) in [5, 5.41) is 11.5. The van der Waals surface area contributed by atoms with Gasteiger partial charge in [-0.25, -0.2) is 9.78 Å². The van der Waals surface area contributed by atoms with Crippen molar-refractivity contribution in [2.24, 2.45) is 0 Å². The van der Waals surface area contributed by atoms with Crippen molar-refractivity contribution in [3.63, 3.8) is 0 Å². The van der Waals surface area contributed by atoms with Crippen molar-refractivity contribution in [2.45, 2.75) is 0 Å². The number of nitrogens with zero attached hydrogens (tertiary/aromatic N) is 1. The molecule has 0 aliphatic rings. The molecule has 2 aromatic carbocycles. The maximum absolute atomic E-state index is 11.8. The number of rotatable bonds is 1. The zero-order valence-corrected chi connectivity index (χ0v) is 13.4. The van der Waals surface area contributed by atoms with Crippen LogP contribution in [0.1, 0.15) is 10.4 Å². The Balaban J connectivity index is 2.34. The normalized spacial score (nSPS) is 11.5. The van der Waals surface area contributed by atoms with Gasteiger partial charge in [0.15, 0.2) is 0 Å². The maximum atomic E-state index is 11.8. The first-order chi connectivity index (χ1) is 10.6. The number of aromatic amines is 1. The molecule has 2 N–H and O–H groups in total. The molecule has 0 saturated heterocycles. The number of carbonyl (C=O) groups is 1. The Morgan fingerprint density at radius 1 is 1.23 bits per heavy atom. The highest BCUT2D eigenvalue weighted by Crippen LogP contribution is 2.37. The van der Waals surface area contributed by atoms with Crippen LogP contribution in [-0.2, 0) is 0 Å². The first kappa shape index (κ1) is 13.5. The molecule has 0 saturated carbocycles. The molecular weight excluding hydrogens is 368 g/mol. The molecule has 4 nitrogen and oxygen atoms in total. The molecule has 6 heteroatoms. The number of para-hydroxylation sites is 1. The lowest BCUT2D eigenvalue weighted by Gasteiger charge is -2.04. The van der Waals surface area contributed by atoms with Crippen LogP contribution in [0.2, 0.25) is 5.02 Å². The number of hydrogen-bond acceptors (Lipinski definition) is 2. The summed E-state index contributed by atoms with van der Waals surface area (Å²) in [4.78, 5) is 19.5. The van der Waals surface area contributed by atoms with Gasteiger partial charge >= 0.3 is 5.97 Å². The van der Waals surface area contributed by atoms with E-state index in [2.05, 4.69) is 25.9 Å². The second-order valence-corrected chi connectivity index (χ2v) is 6.17. The Morgan fingerprint density at radius 3 is 2.77 bits per heavy atom. The van der Waals surface area contributed by atoms with Gasteiger partial charge < -0.3 is 10.1 Å². The Hall–Kier alpha value is -2.11. The van der Waals surface area contributed by atoms with Gasteiger partial charge in [0, 0.05) is 20.8 Å². The third-order valence-electron chi connectivity index (χ3n) is 3.70. The zero-order valence-electron chi connectivity index (χ0n) is 11.0. The number of nitrogens with one attached hydrogen (secondary N) is 1. The van der Waals surface area contributed by atoms with Gasteiger partial charge in [-0.3, -0.25) is 0 Å². The van der Waals surface area contributed by atoms with E-state index >= 15 is 0 Å². The largest absolute Gasteiger partial charge is 0.478 e. The number of carboxylic acid groups (broad SMARTS) is 1. The minimum Gasteiger partial charge on any atom is -0.478 e. The number of benzene rings is 2. The van der Waals surface area contributed by atoms with E-state index < -0.39 is 5.97 Å². The van der Waals surface area contributed by atoms with Crippen molar-refractivity contribution in [3.05, 3.63) is 51.5 Å². The van der Waals surface area contributed by atoms with E-state index in [1.54, 1.807) is 18.2 Å². The first-order valence-corrected chi connectivity index (χ1v) is 7.66. The van der Waals surface area contributed by atoms with Crippen molar-refractivity contribution in [3.8, 4) is 0 Å². The lowest BCUT2D eigenvalue weighted by atomic mass is 10.1. The molecule has 2 aromatic heterocycles. The predicted octanol–water partition coefficient (Wildman–Crippen LogP) is 4.98. The number of carboxylic acids is 1. The summed E-state index contributed by atoms with van der Waals surface area (Å²) in [5.41, 5.74) is 2.65. The molecule has 4 rings (SSSR count). The van der Waals surface area contributed by atoms with Crippen molar-refractivity contribution < 1.29 is 9.90 Å². The van der Waals surface area contributed by atoms with Gasteiger partial charge in [0.05, 0.1) is 27.1 Å². The summed E-state index contributed by atoms with van der Waals surface area (Å²) >= 11 is 9.77. The van der Waals surface area contributed by atoms with E-state index in [9.17, 15) is 9.90 Å². The van der Waals surface area contributed by atoms with Gasteiger partial charge in [-0.15, -0.1) is 0 Å². The molecule has 0 aliphatic carbocycles. The third kappa shape index (κ3) is 1.76. The van der Waals surface area contributed by atoms with Crippen LogP contribution in [0.5, 0.6) is 0 Å². The molecule has 108 valence electrons. The van der Waals surface area contributed by atoms with Crippen molar-refractivity contribution >= 4 is 66.3 Å². The number of hydrogen-bond donors (Lipinski definition) is 2. The molecule has 0 bridgehead atoms. The molecule has 0 radical (unpaired) electrons. The molecule has 2 heterocycles.